The molecule has 2 N–H and O–H groups in total. The molecule has 1 aliphatic heterocycles. The molecule has 2 unspecified atom stereocenters. The van der Waals surface area contributed by atoms with Crippen LogP contribution in [0.3, 0.4) is 0 Å². The average molecular weight is 329 g/mol. The molecule has 0 radical (unpaired) electrons. The monoisotopic (exact) mass is 328 g/mol. The molecule has 1 fully saturated rings. The van der Waals surface area contributed by atoms with Gasteiger partial charge < -0.3 is 5.32 Å². The molecule has 2 atom stereocenters. The van der Waals surface area contributed by atoms with Gasteiger partial charge in [0.05, 0.1) is 4.90 Å². The fourth-order valence-electron chi connectivity index (χ4n) is 2.43. The zero-order valence-corrected chi connectivity index (χ0v) is 14.3. The van der Waals surface area contributed by atoms with Gasteiger partial charge in [0.1, 0.15) is 0 Å². The van der Waals surface area contributed by atoms with E-state index < -0.39 is 10.0 Å². The van der Waals surface area contributed by atoms with Crippen LogP contribution in [0.5, 0.6) is 0 Å². The Hall–Kier alpha value is -0.560. The van der Waals surface area contributed by atoms with Crippen molar-refractivity contribution in [1.29, 1.82) is 0 Å². The minimum atomic E-state index is -3.41. The topological polar surface area (TPSA) is 58.2 Å². The molecule has 4 nitrogen and oxygen atoms in total. The Labute approximate surface area is 132 Å². The number of benzene rings is 1. The molecule has 2 rings (SSSR count). The van der Waals surface area contributed by atoms with E-state index in [0.717, 1.165) is 30.0 Å². The van der Waals surface area contributed by atoms with Crippen molar-refractivity contribution in [2.24, 2.45) is 5.92 Å². The third-order valence-corrected chi connectivity index (χ3v) is 6.42. The van der Waals surface area contributed by atoms with E-state index in [4.69, 9.17) is 0 Å². The maximum absolute atomic E-state index is 12.4. The fourth-order valence-corrected chi connectivity index (χ4v) is 4.89. The van der Waals surface area contributed by atoms with Crippen molar-refractivity contribution >= 4 is 21.8 Å². The molecule has 0 saturated carbocycles. The Morgan fingerprint density at radius 3 is 2.90 bits per heavy atom. The van der Waals surface area contributed by atoms with Crippen molar-refractivity contribution in [3.8, 4) is 0 Å². The van der Waals surface area contributed by atoms with Gasteiger partial charge in [-0.05, 0) is 55.0 Å². The smallest absolute Gasteiger partial charge is 0.240 e. The van der Waals surface area contributed by atoms with Gasteiger partial charge in [-0.15, -0.1) is 0 Å². The fraction of sp³-hybridized carbons (Fsp3) is 0.600. The van der Waals surface area contributed by atoms with Crippen molar-refractivity contribution in [3.63, 3.8) is 0 Å². The molecular weight excluding hydrogens is 304 g/mol. The van der Waals surface area contributed by atoms with Gasteiger partial charge in [0.15, 0.2) is 0 Å². The summed E-state index contributed by atoms with van der Waals surface area (Å²) in [5, 5.41) is 3.30. The Kier molecular flexibility index (Phi) is 6.10. The van der Waals surface area contributed by atoms with Crippen LogP contribution >= 0.6 is 11.8 Å². The van der Waals surface area contributed by atoms with Gasteiger partial charge in [0, 0.05) is 12.6 Å². The number of hydrogen-bond acceptors (Lipinski definition) is 4. The van der Waals surface area contributed by atoms with E-state index in [-0.39, 0.29) is 6.04 Å². The normalized spacial score (nSPS) is 20.6. The Bertz CT molecular complexity index is 555. The van der Waals surface area contributed by atoms with Crippen molar-refractivity contribution in [2.75, 3.05) is 24.6 Å². The maximum Gasteiger partial charge on any atom is 0.240 e. The van der Waals surface area contributed by atoms with Crippen molar-refractivity contribution in [3.05, 3.63) is 29.8 Å². The van der Waals surface area contributed by atoms with Crippen LogP contribution in [0.1, 0.15) is 31.9 Å². The molecule has 21 heavy (non-hydrogen) atoms. The van der Waals surface area contributed by atoms with Gasteiger partial charge in [-0.25, -0.2) is 13.1 Å². The van der Waals surface area contributed by atoms with Gasteiger partial charge in [0.25, 0.3) is 0 Å². The van der Waals surface area contributed by atoms with Crippen LogP contribution in [0.25, 0.3) is 0 Å². The van der Waals surface area contributed by atoms with Crippen LogP contribution in [0.4, 0.5) is 0 Å². The number of thioether (sulfide) groups is 1. The maximum atomic E-state index is 12.4. The van der Waals surface area contributed by atoms with E-state index in [1.807, 2.05) is 37.7 Å². The molecule has 6 heteroatoms. The quantitative estimate of drug-likeness (QED) is 0.807. The van der Waals surface area contributed by atoms with Gasteiger partial charge in [-0.2, -0.15) is 11.8 Å². The van der Waals surface area contributed by atoms with E-state index in [1.165, 1.54) is 0 Å². The number of hydrogen-bond donors (Lipinski definition) is 2. The molecule has 1 aromatic carbocycles. The summed E-state index contributed by atoms with van der Waals surface area (Å²) in [4.78, 5) is 0.357. The first-order valence-electron chi connectivity index (χ1n) is 7.43. The molecule has 1 aromatic rings. The Balaban J connectivity index is 2.06. The third kappa shape index (κ3) is 4.71. The van der Waals surface area contributed by atoms with Crippen LogP contribution in [0.15, 0.2) is 29.2 Å². The van der Waals surface area contributed by atoms with Crippen molar-refractivity contribution in [1.82, 2.24) is 10.0 Å². The number of rotatable bonds is 7. The van der Waals surface area contributed by atoms with Gasteiger partial charge in [-0.3, -0.25) is 0 Å². The molecule has 0 aliphatic carbocycles. The molecule has 0 aromatic heterocycles. The van der Waals surface area contributed by atoms with Crippen LogP contribution < -0.4 is 10.0 Å². The average Bonchev–Trinajstić information content (AvgIpc) is 2.99. The summed E-state index contributed by atoms with van der Waals surface area (Å²) in [5.41, 5.74) is 0.996. The minimum absolute atomic E-state index is 0.149. The van der Waals surface area contributed by atoms with E-state index >= 15 is 0 Å². The second-order valence-corrected chi connectivity index (χ2v) is 8.35. The highest BCUT2D eigenvalue weighted by Gasteiger charge is 2.20. The summed E-state index contributed by atoms with van der Waals surface area (Å²) in [6, 6.07) is 7.34. The minimum Gasteiger partial charge on any atom is -0.310 e. The summed E-state index contributed by atoms with van der Waals surface area (Å²) < 4.78 is 27.5. The van der Waals surface area contributed by atoms with Gasteiger partial charge >= 0.3 is 0 Å². The molecular formula is C15H24N2O2S2. The lowest BCUT2D eigenvalue weighted by molar-refractivity contribution is 0.545. The first kappa shape index (κ1) is 16.8. The Morgan fingerprint density at radius 2 is 2.24 bits per heavy atom. The molecule has 1 saturated heterocycles. The highest BCUT2D eigenvalue weighted by molar-refractivity contribution is 7.99. The highest BCUT2D eigenvalue weighted by atomic mass is 32.2. The SMILES string of the molecule is CCNC(C)c1cccc(S(=O)(=O)NCC2CCSC2)c1. The predicted octanol–water partition coefficient (Wildman–Crippen LogP) is 2.39. The molecule has 1 aliphatic rings. The first-order chi connectivity index (χ1) is 10.0. The van der Waals surface area contributed by atoms with Crippen molar-refractivity contribution < 1.29 is 8.42 Å². The van der Waals surface area contributed by atoms with Crippen LogP contribution in [-0.4, -0.2) is 33.0 Å². The third-order valence-electron chi connectivity index (χ3n) is 3.76. The zero-order valence-electron chi connectivity index (χ0n) is 12.6. The van der Waals surface area contributed by atoms with Crippen LogP contribution in [0, 0.1) is 5.92 Å². The summed E-state index contributed by atoms with van der Waals surface area (Å²) in [5.74, 6) is 2.66. The lowest BCUT2D eigenvalue weighted by atomic mass is 10.1. The molecule has 0 bridgehead atoms. The zero-order chi connectivity index (χ0) is 15.3. The molecule has 118 valence electrons. The molecule has 1 heterocycles. The highest BCUT2D eigenvalue weighted by Crippen LogP contribution is 2.23. The van der Waals surface area contributed by atoms with Gasteiger partial charge in [0.2, 0.25) is 10.0 Å². The lowest BCUT2D eigenvalue weighted by Crippen LogP contribution is -2.29. The van der Waals surface area contributed by atoms with E-state index in [9.17, 15) is 8.42 Å². The number of nitrogens with one attached hydrogen (secondary N) is 2. The second kappa shape index (κ2) is 7.63. The summed E-state index contributed by atoms with van der Waals surface area (Å²) in [7, 11) is -3.41. The summed E-state index contributed by atoms with van der Waals surface area (Å²) in [6.07, 6.45) is 1.10. The standard InChI is InChI=1S/C15H24N2O2S2/c1-3-16-12(2)14-5-4-6-15(9-14)21(18,19)17-10-13-7-8-20-11-13/h4-6,9,12-13,16-17H,3,7-8,10-11H2,1-2H3. The van der Waals surface area contributed by atoms with E-state index in [2.05, 4.69) is 10.0 Å². The van der Waals surface area contributed by atoms with Crippen LogP contribution in [0.2, 0.25) is 0 Å². The largest absolute Gasteiger partial charge is 0.310 e. The summed E-state index contributed by atoms with van der Waals surface area (Å²) in [6.45, 7) is 5.48. The first-order valence-corrected chi connectivity index (χ1v) is 10.1. The Morgan fingerprint density at radius 1 is 1.43 bits per heavy atom. The number of sulfonamides is 1. The van der Waals surface area contributed by atoms with Gasteiger partial charge in [-0.1, -0.05) is 19.1 Å². The lowest BCUT2D eigenvalue weighted by Gasteiger charge is -2.15. The summed E-state index contributed by atoms with van der Waals surface area (Å²) >= 11 is 1.90. The molecule has 0 amide bonds. The van der Waals surface area contributed by atoms with E-state index in [1.54, 1.807) is 12.1 Å². The van der Waals surface area contributed by atoms with E-state index in [0.29, 0.717) is 17.4 Å². The molecule has 0 spiro atoms. The predicted molar refractivity (Wildman–Crippen MR) is 89.2 cm³/mol. The van der Waals surface area contributed by atoms with Crippen molar-refractivity contribution in [2.45, 2.75) is 31.2 Å². The van der Waals surface area contributed by atoms with Crippen LogP contribution in [-0.2, 0) is 10.0 Å². The second-order valence-electron chi connectivity index (χ2n) is 5.43.